The Morgan fingerprint density at radius 2 is 1.91 bits per heavy atom. The van der Waals surface area contributed by atoms with Crippen molar-refractivity contribution in [3.8, 4) is 11.4 Å². The van der Waals surface area contributed by atoms with E-state index in [0.717, 1.165) is 24.4 Å². The lowest BCUT2D eigenvalue weighted by Gasteiger charge is -2.22. The number of hydrogen-bond donors (Lipinski definition) is 0. The van der Waals surface area contributed by atoms with Crippen molar-refractivity contribution in [3.63, 3.8) is 0 Å². The Morgan fingerprint density at radius 3 is 2.78 bits per heavy atom. The highest BCUT2D eigenvalue weighted by Crippen LogP contribution is 2.28. The average Bonchev–Trinajstić information content (AvgIpc) is 3.07. The van der Waals surface area contributed by atoms with E-state index in [9.17, 15) is 4.79 Å². The molecule has 3 aliphatic rings. The fraction of sp³-hybridized carbons (Fsp3) is 0.438. The second-order valence-corrected chi connectivity index (χ2v) is 5.99. The lowest BCUT2D eigenvalue weighted by molar-refractivity contribution is 0.315. The summed E-state index contributed by atoms with van der Waals surface area (Å²) in [5.41, 5.74) is 1.24. The molecule has 23 heavy (non-hydrogen) atoms. The van der Waals surface area contributed by atoms with E-state index < -0.39 is 0 Å². The zero-order valence-corrected chi connectivity index (χ0v) is 12.8. The highest BCUT2D eigenvalue weighted by molar-refractivity contribution is 5.55. The summed E-state index contributed by atoms with van der Waals surface area (Å²) in [6.45, 7) is 0.350. The van der Waals surface area contributed by atoms with E-state index in [-0.39, 0.29) is 5.69 Å². The first kappa shape index (κ1) is 14.0. The van der Waals surface area contributed by atoms with Crippen LogP contribution in [-0.4, -0.2) is 29.8 Å². The molecule has 2 aliphatic carbocycles. The summed E-state index contributed by atoms with van der Waals surface area (Å²) in [5, 5.41) is 12.1. The first-order valence-corrected chi connectivity index (χ1v) is 8.05. The molecule has 0 saturated heterocycles. The zero-order valence-electron chi connectivity index (χ0n) is 12.8. The van der Waals surface area contributed by atoms with Crippen LogP contribution in [-0.2, 0) is 6.54 Å². The molecule has 0 unspecified atom stereocenters. The van der Waals surface area contributed by atoms with Crippen LogP contribution in [0.5, 0.6) is 0 Å². The van der Waals surface area contributed by atoms with E-state index >= 15 is 0 Å². The van der Waals surface area contributed by atoms with Gasteiger partial charge < -0.3 is 0 Å². The van der Waals surface area contributed by atoms with Gasteiger partial charge in [-0.25, -0.2) is 9.48 Å². The van der Waals surface area contributed by atoms with Crippen molar-refractivity contribution in [1.29, 1.82) is 0 Å². The first-order valence-electron chi connectivity index (χ1n) is 8.05. The number of nitrogens with zero attached hydrogens (tertiary/aromatic N) is 6. The molecule has 0 bridgehead atoms. The maximum absolute atomic E-state index is 12.2. The summed E-state index contributed by atoms with van der Waals surface area (Å²) in [6, 6.07) is 9.79. The minimum Gasteiger partial charge on any atom is -0.283 e. The third-order valence-corrected chi connectivity index (χ3v) is 4.51. The third kappa shape index (κ3) is 2.62. The van der Waals surface area contributed by atoms with Gasteiger partial charge in [-0.15, -0.1) is 5.10 Å². The summed E-state index contributed by atoms with van der Waals surface area (Å²) < 4.78 is 3.54. The molecule has 0 atom stereocenters. The van der Waals surface area contributed by atoms with Gasteiger partial charge in [0.05, 0.1) is 24.0 Å². The third-order valence-electron chi connectivity index (χ3n) is 4.51. The van der Waals surface area contributed by atoms with Crippen molar-refractivity contribution < 1.29 is 0 Å². The molecule has 0 amide bonds. The van der Waals surface area contributed by atoms with Gasteiger partial charge in [0.25, 0.3) is 0 Å². The molecule has 4 rings (SSSR count). The Balaban J connectivity index is 1.69. The van der Waals surface area contributed by atoms with Crippen molar-refractivity contribution in [2.24, 2.45) is 0 Å². The quantitative estimate of drug-likeness (QED) is 0.738. The smallest absolute Gasteiger partial charge is 0.283 e. The fourth-order valence-electron chi connectivity index (χ4n) is 3.34. The predicted molar refractivity (Wildman–Crippen MR) is 84.2 cm³/mol. The minimum absolute atomic E-state index is 0.260. The normalized spacial score (nSPS) is 16.0. The summed E-state index contributed by atoms with van der Waals surface area (Å²) >= 11 is 0. The van der Waals surface area contributed by atoms with Crippen molar-refractivity contribution in [1.82, 2.24) is 29.8 Å². The SMILES string of the molecule is O=c1nc2cccccc-2n1Cc1nnnn1C1CCCCC1. The molecule has 1 aromatic heterocycles. The molecule has 7 heteroatoms. The standard InChI is InChI=1S/C16H18N6O/c23-16-17-13-9-5-2-6-10-14(13)21(16)11-15-18-19-20-22(15)12-7-3-1-4-8-12/h2,5-6,9-10,12H,1,3-4,7-8,11H2. The van der Waals surface area contributed by atoms with Crippen molar-refractivity contribution in [2.45, 2.75) is 44.7 Å². The predicted octanol–water partition coefficient (Wildman–Crippen LogP) is 1.89. The number of aromatic nitrogens is 6. The van der Waals surface area contributed by atoms with E-state index in [0.29, 0.717) is 18.3 Å². The van der Waals surface area contributed by atoms with Gasteiger partial charge in [0.2, 0.25) is 0 Å². The van der Waals surface area contributed by atoms with Gasteiger partial charge >= 0.3 is 5.69 Å². The van der Waals surface area contributed by atoms with Crippen LogP contribution >= 0.6 is 0 Å². The molecular formula is C16H18N6O. The van der Waals surface area contributed by atoms with E-state index in [2.05, 4.69) is 20.5 Å². The van der Waals surface area contributed by atoms with Gasteiger partial charge in [-0.3, -0.25) is 4.57 Å². The Bertz CT molecular complexity index is 833. The van der Waals surface area contributed by atoms with E-state index in [1.807, 2.05) is 35.0 Å². The zero-order chi connectivity index (χ0) is 15.6. The van der Waals surface area contributed by atoms with Crippen LogP contribution < -0.4 is 5.69 Å². The van der Waals surface area contributed by atoms with Gasteiger partial charge in [0.1, 0.15) is 0 Å². The second kappa shape index (κ2) is 5.91. The van der Waals surface area contributed by atoms with Crippen LogP contribution in [0.4, 0.5) is 0 Å². The maximum Gasteiger partial charge on any atom is 0.349 e. The van der Waals surface area contributed by atoms with Gasteiger partial charge in [-0.2, -0.15) is 4.98 Å². The summed E-state index contributed by atoms with van der Waals surface area (Å²) in [6.07, 6.45) is 5.90. The molecule has 0 spiro atoms. The van der Waals surface area contributed by atoms with E-state index in [1.54, 1.807) is 4.57 Å². The van der Waals surface area contributed by atoms with Crippen molar-refractivity contribution in [2.75, 3.05) is 0 Å². The van der Waals surface area contributed by atoms with Crippen molar-refractivity contribution in [3.05, 3.63) is 46.6 Å². The average molecular weight is 310 g/mol. The maximum atomic E-state index is 12.2. The number of imidazole rings is 1. The van der Waals surface area contributed by atoms with Gasteiger partial charge in [0, 0.05) is 0 Å². The number of tetrazole rings is 1. The molecular weight excluding hydrogens is 292 g/mol. The number of hydrogen-bond acceptors (Lipinski definition) is 5. The van der Waals surface area contributed by atoms with Crippen LogP contribution in [0.15, 0.2) is 35.1 Å². The van der Waals surface area contributed by atoms with Crippen LogP contribution in [0.3, 0.4) is 0 Å². The second-order valence-electron chi connectivity index (χ2n) is 5.99. The van der Waals surface area contributed by atoms with Gasteiger partial charge in [0.15, 0.2) is 5.82 Å². The Kier molecular flexibility index (Phi) is 3.61. The van der Waals surface area contributed by atoms with Crippen LogP contribution in [0.1, 0.15) is 44.0 Å². The molecule has 0 N–H and O–H groups in total. The first-order chi connectivity index (χ1) is 11.3. The Labute approximate surface area is 133 Å². The highest BCUT2D eigenvalue weighted by atomic mass is 16.1. The monoisotopic (exact) mass is 310 g/mol. The molecule has 1 aromatic rings. The van der Waals surface area contributed by atoms with Crippen LogP contribution in [0, 0.1) is 0 Å². The number of rotatable bonds is 3. The topological polar surface area (TPSA) is 78.5 Å². The molecule has 1 aliphatic heterocycles. The Hall–Kier alpha value is -2.57. The van der Waals surface area contributed by atoms with Crippen LogP contribution in [0.25, 0.3) is 11.4 Å². The van der Waals surface area contributed by atoms with Crippen LogP contribution in [0.2, 0.25) is 0 Å². The van der Waals surface area contributed by atoms with E-state index in [1.165, 1.54) is 19.3 Å². The van der Waals surface area contributed by atoms with Crippen molar-refractivity contribution >= 4 is 0 Å². The molecule has 0 aromatic carbocycles. The molecule has 2 heterocycles. The largest absolute Gasteiger partial charge is 0.349 e. The lowest BCUT2D eigenvalue weighted by atomic mass is 9.95. The molecule has 7 nitrogen and oxygen atoms in total. The summed E-state index contributed by atoms with van der Waals surface area (Å²) in [4.78, 5) is 16.3. The summed E-state index contributed by atoms with van der Waals surface area (Å²) in [5.74, 6) is 0.722. The van der Waals surface area contributed by atoms with E-state index in [4.69, 9.17) is 0 Å². The Morgan fingerprint density at radius 1 is 1.09 bits per heavy atom. The highest BCUT2D eigenvalue weighted by Gasteiger charge is 2.22. The molecule has 0 radical (unpaired) electrons. The van der Waals surface area contributed by atoms with Gasteiger partial charge in [-0.1, -0.05) is 37.5 Å². The minimum atomic E-state index is -0.260. The molecule has 118 valence electrons. The van der Waals surface area contributed by atoms with Gasteiger partial charge in [-0.05, 0) is 35.4 Å². The lowest BCUT2D eigenvalue weighted by Crippen LogP contribution is -2.23. The fourth-order valence-corrected chi connectivity index (χ4v) is 3.34. The summed E-state index contributed by atoms with van der Waals surface area (Å²) in [7, 11) is 0. The number of fused-ring (bicyclic) bond motifs is 1. The molecule has 1 fully saturated rings. The molecule has 1 saturated carbocycles.